The molecule has 30 heavy (non-hydrogen) atoms. The molecule has 2 aromatic carbocycles. The molecule has 2 atom stereocenters. The standard InChI is InChI=1S/C19H15F6N3O2/c1-10-16(28(29)30)15(11-6-2-4-8-13(11)18(20,21)22)27-17(26-10)12-7-3-5-9-14(12)19(23,24)25/h2-9,15,17,26-27H,1H3/t15-,17-/m1/s1. The van der Waals surface area contributed by atoms with Gasteiger partial charge in [-0.05, 0) is 24.6 Å². The van der Waals surface area contributed by atoms with E-state index in [1.165, 1.54) is 25.1 Å². The fourth-order valence-electron chi connectivity index (χ4n) is 3.45. The lowest BCUT2D eigenvalue weighted by Crippen LogP contribution is -2.45. The van der Waals surface area contributed by atoms with Crippen molar-refractivity contribution in [2.45, 2.75) is 31.5 Å². The van der Waals surface area contributed by atoms with E-state index in [0.717, 1.165) is 30.3 Å². The van der Waals surface area contributed by atoms with Crippen LogP contribution in [0.1, 0.15) is 41.4 Å². The molecular weight excluding hydrogens is 416 g/mol. The summed E-state index contributed by atoms with van der Waals surface area (Å²) in [7, 11) is 0. The van der Waals surface area contributed by atoms with Crippen molar-refractivity contribution in [3.8, 4) is 0 Å². The van der Waals surface area contributed by atoms with Gasteiger partial charge in [0.05, 0.1) is 21.7 Å². The van der Waals surface area contributed by atoms with Crippen molar-refractivity contribution < 1.29 is 31.3 Å². The van der Waals surface area contributed by atoms with Gasteiger partial charge in [-0.1, -0.05) is 36.4 Å². The lowest BCUT2D eigenvalue weighted by Gasteiger charge is -2.34. The molecule has 0 saturated carbocycles. The zero-order valence-electron chi connectivity index (χ0n) is 15.3. The molecule has 0 bridgehead atoms. The van der Waals surface area contributed by atoms with Crippen LogP contribution < -0.4 is 10.6 Å². The molecule has 0 unspecified atom stereocenters. The van der Waals surface area contributed by atoms with Crippen molar-refractivity contribution in [1.82, 2.24) is 10.6 Å². The summed E-state index contributed by atoms with van der Waals surface area (Å²) in [5.74, 6) is 0. The summed E-state index contributed by atoms with van der Waals surface area (Å²) in [6, 6.07) is 7.16. The summed E-state index contributed by atoms with van der Waals surface area (Å²) in [6.45, 7) is 1.24. The predicted molar refractivity (Wildman–Crippen MR) is 94.3 cm³/mol. The van der Waals surface area contributed by atoms with Crippen molar-refractivity contribution in [3.63, 3.8) is 0 Å². The molecule has 11 heteroatoms. The van der Waals surface area contributed by atoms with Crippen LogP contribution in [0.3, 0.4) is 0 Å². The number of hydrogen-bond donors (Lipinski definition) is 2. The van der Waals surface area contributed by atoms with Gasteiger partial charge in [0.15, 0.2) is 0 Å². The largest absolute Gasteiger partial charge is 0.416 e. The SMILES string of the molecule is CC1=C([N+](=O)[O-])[C@@H](c2ccccc2C(F)(F)F)N[C@H](c2ccccc2C(F)(F)F)N1. The molecule has 5 nitrogen and oxygen atoms in total. The van der Waals surface area contributed by atoms with Gasteiger partial charge in [0.1, 0.15) is 12.2 Å². The Morgan fingerprint density at radius 2 is 1.33 bits per heavy atom. The Bertz CT molecular complexity index is 1000. The van der Waals surface area contributed by atoms with E-state index in [9.17, 15) is 36.5 Å². The highest BCUT2D eigenvalue weighted by atomic mass is 19.4. The summed E-state index contributed by atoms with van der Waals surface area (Å²) in [4.78, 5) is 10.7. The fourth-order valence-corrected chi connectivity index (χ4v) is 3.45. The minimum Gasteiger partial charge on any atom is -0.364 e. The molecule has 0 saturated heterocycles. The van der Waals surface area contributed by atoms with Crippen molar-refractivity contribution in [2.24, 2.45) is 0 Å². The quantitative estimate of drug-likeness (QED) is 0.400. The summed E-state index contributed by atoms with van der Waals surface area (Å²) in [5.41, 5.74) is -3.60. The Morgan fingerprint density at radius 3 is 1.83 bits per heavy atom. The highest BCUT2D eigenvalue weighted by Gasteiger charge is 2.44. The molecule has 3 rings (SSSR count). The Kier molecular flexibility index (Phi) is 5.50. The van der Waals surface area contributed by atoms with Crippen LogP contribution in [0, 0.1) is 10.1 Å². The lowest BCUT2D eigenvalue weighted by atomic mass is 9.93. The number of rotatable bonds is 3. The Morgan fingerprint density at radius 1 is 0.867 bits per heavy atom. The second-order valence-corrected chi connectivity index (χ2v) is 6.61. The summed E-state index contributed by atoms with van der Waals surface area (Å²) < 4.78 is 80.7. The topological polar surface area (TPSA) is 67.2 Å². The molecule has 2 aromatic rings. The third kappa shape index (κ3) is 4.11. The molecule has 0 radical (unpaired) electrons. The van der Waals surface area contributed by atoms with Crippen LogP contribution in [0.2, 0.25) is 0 Å². The average Bonchev–Trinajstić information content (AvgIpc) is 2.65. The number of allylic oxidation sites excluding steroid dienone is 1. The van der Waals surface area contributed by atoms with Gasteiger partial charge in [0.25, 0.3) is 5.70 Å². The highest BCUT2D eigenvalue weighted by molar-refractivity contribution is 5.40. The molecule has 1 aliphatic heterocycles. The van der Waals surface area contributed by atoms with Crippen LogP contribution in [0.4, 0.5) is 26.3 Å². The van der Waals surface area contributed by atoms with Crippen molar-refractivity contribution in [2.75, 3.05) is 0 Å². The van der Waals surface area contributed by atoms with E-state index in [-0.39, 0.29) is 11.3 Å². The maximum Gasteiger partial charge on any atom is 0.416 e. The number of alkyl halides is 6. The molecule has 0 amide bonds. The predicted octanol–water partition coefficient (Wildman–Crippen LogP) is 5.17. The van der Waals surface area contributed by atoms with Crippen LogP contribution in [0.25, 0.3) is 0 Å². The molecule has 160 valence electrons. The Hall–Kier alpha value is -3.08. The van der Waals surface area contributed by atoms with Crippen LogP contribution in [0.5, 0.6) is 0 Å². The second-order valence-electron chi connectivity index (χ2n) is 6.61. The van der Waals surface area contributed by atoms with Crippen LogP contribution in [0.15, 0.2) is 59.9 Å². The van der Waals surface area contributed by atoms with Crippen LogP contribution in [-0.4, -0.2) is 4.92 Å². The van der Waals surface area contributed by atoms with Crippen molar-refractivity contribution in [3.05, 3.63) is 92.3 Å². The second kappa shape index (κ2) is 7.63. The van der Waals surface area contributed by atoms with E-state index >= 15 is 0 Å². The van der Waals surface area contributed by atoms with Crippen molar-refractivity contribution >= 4 is 0 Å². The highest BCUT2D eigenvalue weighted by Crippen LogP contribution is 2.41. The molecule has 0 aliphatic carbocycles. The van der Waals surface area contributed by atoms with Gasteiger partial charge in [0, 0.05) is 5.56 Å². The first kappa shape index (κ1) is 21.6. The third-order valence-electron chi connectivity index (χ3n) is 4.70. The van der Waals surface area contributed by atoms with Gasteiger partial charge in [-0.25, -0.2) is 0 Å². The number of nitro groups is 1. The molecule has 0 spiro atoms. The first-order valence-corrected chi connectivity index (χ1v) is 8.61. The number of halogens is 6. The van der Waals surface area contributed by atoms with E-state index < -0.39 is 51.9 Å². The van der Waals surface area contributed by atoms with E-state index in [1.54, 1.807) is 0 Å². The summed E-state index contributed by atoms with van der Waals surface area (Å²) in [5, 5.41) is 16.7. The maximum absolute atomic E-state index is 13.5. The van der Waals surface area contributed by atoms with Gasteiger partial charge in [0.2, 0.25) is 0 Å². The Labute approximate surface area is 166 Å². The van der Waals surface area contributed by atoms with Crippen molar-refractivity contribution in [1.29, 1.82) is 0 Å². The van der Waals surface area contributed by atoms with E-state index in [1.807, 2.05) is 0 Å². The first-order chi connectivity index (χ1) is 13.9. The summed E-state index contributed by atoms with van der Waals surface area (Å²) >= 11 is 0. The van der Waals surface area contributed by atoms with Crippen LogP contribution in [-0.2, 0) is 12.4 Å². The van der Waals surface area contributed by atoms with Gasteiger partial charge in [-0.15, -0.1) is 0 Å². The third-order valence-corrected chi connectivity index (χ3v) is 4.70. The lowest BCUT2D eigenvalue weighted by molar-refractivity contribution is -0.434. The molecule has 1 heterocycles. The maximum atomic E-state index is 13.5. The van der Waals surface area contributed by atoms with E-state index in [4.69, 9.17) is 0 Å². The van der Waals surface area contributed by atoms with Crippen LogP contribution >= 0.6 is 0 Å². The molecule has 2 N–H and O–H groups in total. The number of nitrogens with zero attached hydrogens (tertiary/aromatic N) is 1. The minimum atomic E-state index is -4.81. The summed E-state index contributed by atoms with van der Waals surface area (Å²) in [6.07, 6.45) is -10.8. The van der Waals surface area contributed by atoms with Gasteiger partial charge >= 0.3 is 12.4 Å². The number of hydrogen-bond acceptors (Lipinski definition) is 4. The molecule has 1 aliphatic rings. The normalized spacial score (nSPS) is 20.1. The average molecular weight is 431 g/mol. The van der Waals surface area contributed by atoms with Gasteiger partial charge < -0.3 is 5.32 Å². The van der Waals surface area contributed by atoms with Gasteiger partial charge in [-0.3, -0.25) is 15.4 Å². The first-order valence-electron chi connectivity index (χ1n) is 8.61. The number of nitrogens with one attached hydrogen (secondary N) is 2. The number of benzene rings is 2. The van der Waals surface area contributed by atoms with E-state index in [0.29, 0.717) is 0 Å². The minimum absolute atomic E-state index is 0.136. The molecule has 0 fully saturated rings. The Balaban J connectivity index is 2.16. The van der Waals surface area contributed by atoms with E-state index in [2.05, 4.69) is 10.6 Å². The fraction of sp³-hybridized carbons (Fsp3) is 0.263. The zero-order chi connectivity index (χ0) is 22.3. The smallest absolute Gasteiger partial charge is 0.364 e. The molecule has 0 aromatic heterocycles. The monoisotopic (exact) mass is 431 g/mol. The zero-order valence-corrected chi connectivity index (χ0v) is 15.3. The molecular formula is C19H15F6N3O2. The van der Waals surface area contributed by atoms with Gasteiger partial charge in [-0.2, -0.15) is 26.3 Å².